The minimum absolute atomic E-state index is 0. The first-order chi connectivity index (χ1) is 9.50. The van der Waals surface area contributed by atoms with Crippen molar-refractivity contribution >= 4 is 17.0 Å². The molecule has 0 fully saturated rings. The Morgan fingerprint density at radius 3 is 2.38 bits per heavy atom. The van der Waals surface area contributed by atoms with Crippen molar-refractivity contribution in [3.05, 3.63) is 59.8 Å². The van der Waals surface area contributed by atoms with Crippen molar-refractivity contribution < 1.29 is 13.2 Å². The summed E-state index contributed by atoms with van der Waals surface area (Å²) in [7, 11) is 0. The van der Waals surface area contributed by atoms with Gasteiger partial charge in [-0.25, -0.2) is 0 Å². The van der Waals surface area contributed by atoms with Crippen molar-refractivity contribution in [2.24, 2.45) is 0 Å². The van der Waals surface area contributed by atoms with E-state index in [2.05, 4.69) is 0 Å². The average molecular weight is 359 g/mol. The van der Waals surface area contributed by atoms with Crippen LogP contribution in [0.2, 0.25) is 0 Å². The third-order valence-electron chi connectivity index (χ3n) is 3.12. The lowest BCUT2D eigenvalue weighted by Gasteiger charge is -2.31. The zero-order valence-electron chi connectivity index (χ0n) is 11.0. The number of nitriles is 1. The highest BCUT2D eigenvalue weighted by Crippen LogP contribution is 2.28. The summed E-state index contributed by atoms with van der Waals surface area (Å²) >= 11 is 0. The fraction of sp³-hybridized carbons (Fsp3) is 0.267. The zero-order valence-corrected chi connectivity index (χ0v) is 12.8. The molecule has 0 N–H and O–H groups in total. The van der Waals surface area contributed by atoms with E-state index in [9.17, 15) is 13.2 Å². The molecule has 1 aliphatic rings. The summed E-state index contributed by atoms with van der Waals surface area (Å²) in [5.41, 5.74) is 1.45. The van der Waals surface area contributed by atoms with Gasteiger partial charge in [0.15, 0.2) is 0 Å². The number of alkyl halides is 3. The molecule has 1 heterocycles. The van der Waals surface area contributed by atoms with Crippen LogP contribution < -0.4 is 0 Å². The SMILES string of the molecule is Br.N#Cc1ccc(CCN2C=CC=CC2C(F)(F)F)cc1. The highest BCUT2D eigenvalue weighted by molar-refractivity contribution is 8.93. The first-order valence-electron chi connectivity index (χ1n) is 6.17. The predicted octanol–water partition coefficient (Wildman–Crippen LogP) is 4.00. The summed E-state index contributed by atoms with van der Waals surface area (Å²) in [5.74, 6) is 0. The maximum absolute atomic E-state index is 12.9. The van der Waals surface area contributed by atoms with Gasteiger partial charge in [-0.1, -0.05) is 24.3 Å². The van der Waals surface area contributed by atoms with Crippen molar-refractivity contribution in [2.45, 2.75) is 18.6 Å². The summed E-state index contributed by atoms with van der Waals surface area (Å²) in [5, 5.41) is 8.69. The third kappa shape index (κ3) is 4.64. The van der Waals surface area contributed by atoms with E-state index in [1.165, 1.54) is 17.2 Å². The predicted molar refractivity (Wildman–Crippen MR) is 80.0 cm³/mol. The lowest BCUT2D eigenvalue weighted by molar-refractivity contribution is -0.164. The molecule has 6 heteroatoms. The van der Waals surface area contributed by atoms with Crippen LogP contribution in [-0.4, -0.2) is 23.7 Å². The van der Waals surface area contributed by atoms with Crippen LogP contribution in [0.5, 0.6) is 0 Å². The van der Waals surface area contributed by atoms with E-state index in [-0.39, 0.29) is 23.5 Å². The molecule has 0 aromatic heterocycles. The molecule has 0 aliphatic carbocycles. The Kier molecular flexibility index (Phi) is 6.03. The van der Waals surface area contributed by atoms with Crippen LogP contribution in [0.3, 0.4) is 0 Å². The Hall–Kier alpha value is -1.74. The lowest BCUT2D eigenvalue weighted by Crippen LogP contribution is -2.43. The molecular formula is C15H14BrF3N2. The van der Waals surface area contributed by atoms with Crippen LogP contribution in [0.4, 0.5) is 13.2 Å². The minimum Gasteiger partial charge on any atom is -0.362 e. The normalized spacial score (nSPS) is 17.2. The van der Waals surface area contributed by atoms with E-state index >= 15 is 0 Å². The largest absolute Gasteiger partial charge is 0.412 e. The molecule has 0 saturated carbocycles. The van der Waals surface area contributed by atoms with Gasteiger partial charge < -0.3 is 4.90 Å². The van der Waals surface area contributed by atoms with Crippen molar-refractivity contribution in [3.8, 4) is 6.07 Å². The van der Waals surface area contributed by atoms with E-state index in [4.69, 9.17) is 5.26 Å². The van der Waals surface area contributed by atoms with Gasteiger partial charge in [0.05, 0.1) is 11.6 Å². The Morgan fingerprint density at radius 1 is 1.14 bits per heavy atom. The summed E-state index contributed by atoms with van der Waals surface area (Å²) in [6, 6.07) is 7.32. The van der Waals surface area contributed by atoms with Gasteiger partial charge in [-0.15, -0.1) is 17.0 Å². The second-order valence-corrected chi connectivity index (χ2v) is 4.51. The number of rotatable bonds is 3. The molecule has 0 saturated heterocycles. The van der Waals surface area contributed by atoms with E-state index in [0.717, 1.165) is 11.6 Å². The molecule has 2 nitrogen and oxygen atoms in total. The number of nitrogens with zero attached hydrogens (tertiary/aromatic N) is 2. The number of allylic oxidation sites excluding steroid dienone is 2. The molecule has 2 rings (SSSR count). The molecule has 1 unspecified atom stereocenters. The van der Waals surface area contributed by atoms with Crippen LogP contribution in [0, 0.1) is 11.3 Å². The van der Waals surface area contributed by atoms with Gasteiger partial charge in [0.25, 0.3) is 0 Å². The molecule has 1 atom stereocenters. The number of benzene rings is 1. The summed E-state index contributed by atoms with van der Waals surface area (Å²) in [6.45, 7) is 0.275. The smallest absolute Gasteiger partial charge is 0.362 e. The Labute approximate surface area is 131 Å². The maximum atomic E-state index is 12.9. The fourth-order valence-electron chi connectivity index (χ4n) is 2.05. The standard InChI is InChI=1S/C15H13F3N2.BrH/c16-15(17,18)14-3-1-2-9-20(14)10-8-12-4-6-13(11-19)7-5-12;/h1-7,9,14H,8,10H2;1H. The molecule has 0 radical (unpaired) electrons. The van der Waals surface area contributed by atoms with Gasteiger partial charge >= 0.3 is 6.18 Å². The second-order valence-electron chi connectivity index (χ2n) is 4.51. The van der Waals surface area contributed by atoms with Crippen LogP contribution in [-0.2, 0) is 6.42 Å². The topological polar surface area (TPSA) is 27.0 Å². The van der Waals surface area contributed by atoms with Gasteiger partial charge in [-0.3, -0.25) is 0 Å². The van der Waals surface area contributed by atoms with Crippen molar-refractivity contribution in [2.75, 3.05) is 6.54 Å². The second kappa shape index (κ2) is 7.32. The monoisotopic (exact) mass is 358 g/mol. The van der Waals surface area contributed by atoms with E-state index in [1.807, 2.05) is 6.07 Å². The molecule has 21 heavy (non-hydrogen) atoms. The van der Waals surface area contributed by atoms with Gasteiger partial charge in [-0.2, -0.15) is 18.4 Å². The van der Waals surface area contributed by atoms with Crippen LogP contribution in [0.25, 0.3) is 0 Å². The first kappa shape index (κ1) is 17.3. The molecule has 1 aliphatic heterocycles. The molecule has 0 amide bonds. The van der Waals surface area contributed by atoms with Gasteiger partial charge in [0.1, 0.15) is 6.04 Å². The highest BCUT2D eigenvalue weighted by atomic mass is 79.9. The Bertz CT molecular complexity index is 556. The molecule has 1 aromatic rings. The van der Waals surface area contributed by atoms with E-state index < -0.39 is 12.2 Å². The quantitative estimate of drug-likeness (QED) is 0.816. The van der Waals surface area contributed by atoms with Gasteiger partial charge in [-0.05, 0) is 36.4 Å². The van der Waals surface area contributed by atoms with E-state index in [1.54, 1.807) is 30.3 Å². The van der Waals surface area contributed by atoms with Gasteiger partial charge in [0, 0.05) is 6.54 Å². The molecular weight excluding hydrogens is 345 g/mol. The van der Waals surface area contributed by atoms with E-state index in [0.29, 0.717) is 12.0 Å². The molecule has 0 spiro atoms. The van der Waals surface area contributed by atoms with Crippen LogP contribution in [0.1, 0.15) is 11.1 Å². The Balaban J connectivity index is 0.00000220. The summed E-state index contributed by atoms with van der Waals surface area (Å²) < 4.78 is 38.6. The summed E-state index contributed by atoms with van der Waals surface area (Å²) in [6.07, 6.45) is 1.85. The van der Waals surface area contributed by atoms with Crippen molar-refractivity contribution in [3.63, 3.8) is 0 Å². The third-order valence-corrected chi connectivity index (χ3v) is 3.12. The molecule has 1 aromatic carbocycles. The highest BCUT2D eigenvalue weighted by Gasteiger charge is 2.41. The Morgan fingerprint density at radius 2 is 1.81 bits per heavy atom. The number of halogens is 4. The lowest BCUT2D eigenvalue weighted by atomic mass is 10.1. The molecule has 112 valence electrons. The summed E-state index contributed by atoms with van der Waals surface area (Å²) in [4.78, 5) is 1.28. The molecule has 0 bridgehead atoms. The van der Waals surface area contributed by atoms with Crippen molar-refractivity contribution in [1.29, 1.82) is 5.26 Å². The van der Waals surface area contributed by atoms with Gasteiger partial charge in [0.2, 0.25) is 0 Å². The zero-order chi connectivity index (χ0) is 14.6. The number of hydrogen-bond donors (Lipinski definition) is 0. The number of hydrogen-bond acceptors (Lipinski definition) is 2. The minimum atomic E-state index is -4.27. The first-order valence-corrected chi connectivity index (χ1v) is 6.17. The maximum Gasteiger partial charge on any atom is 0.412 e. The fourth-order valence-corrected chi connectivity index (χ4v) is 2.05. The van der Waals surface area contributed by atoms with Crippen LogP contribution >= 0.6 is 17.0 Å². The van der Waals surface area contributed by atoms with Crippen molar-refractivity contribution in [1.82, 2.24) is 4.90 Å². The average Bonchev–Trinajstić information content (AvgIpc) is 2.45. The van der Waals surface area contributed by atoms with Crippen LogP contribution in [0.15, 0.2) is 48.7 Å².